The van der Waals surface area contributed by atoms with E-state index in [0.29, 0.717) is 12.1 Å². The molecule has 2 heterocycles. The van der Waals surface area contributed by atoms with Crippen molar-refractivity contribution < 1.29 is 4.74 Å². The van der Waals surface area contributed by atoms with E-state index in [1.54, 1.807) is 7.11 Å². The van der Waals surface area contributed by atoms with E-state index < -0.39 is 0 Å². The van der Waals surface area contributed by atoms with Crippen molar-refractivity contribution in [2.75, 3.05) is 13.7 Å². The molecule has 0 saturated carbocycles. The molecule has 1 aliphatic heterocycles. The summed E-state index contributed by atoms with van der Waals surface area (Å²) in [6.45, 7) is 3.42. The number of halogens is 1. The minimum absolute atomic E-state index is 0.394. The SMILES string of the molecule is COc1ccc(C(C)N2CCC[C@H]2c2ccnc(Br)c2)cc1. The zero-order valence-electron chi connectivity index (χ0n) is 13.0. The van der Waals surface area contributed by atoms with Crippen molar-refractivity contribution in [3.8, 4) is 5.75 Å². The molecule has 1 aromatic carbocycles. The maximum Gasteiger partial charge on any atom is 0.118 e. The van der Waals surface area contributed by atoms with Gasteiger partial charge in [0, 0.05) is 18.3 Å². The maximum atomic E-state index is 5.25. The molecular formula is C18H21BrN2O. The van der Waals surface area contributed by atoms with Crippen LogP contribution in [-0.4, -0.2) is 23.5 Å². The van der Waals surface area contributed by atoms with E-state index in [0.717, 1.165) is 16.9 Å². The topological polar surface area (TPSA) is 25.4 Å². The summed E-state index contributed by atoms with van der Waals surface area (Å²) in [7, 11) is 1.70. The Morgan fingerprint density at radius 3 is 2.73 bits per heavy atom. The summed E-state index contributed by atoms with van der Waals surface area (Å²) in [5.74, 6) is 0.909. The average Bonchev–Trinajstić information content (AvgIpc) is 3.04. The zero-order chi connectivity index (χ0) is 15.5. The zero-order valence-corrected chi connectivity index (χ0v) is 14.6. The molecule has 3 nitrogen and oxygen atoms in total. The molecule has 1 fully saturated rings. The summed E-state index contributed by atoms with van der Waals surface area (Å²) in [6, 6.07) is 13.6. The van der Waals surface area contributed by atoms with Crippen LogP contribution >= 0.6 is 15.9 Å². The van der Waals surface area contributed by atoms with Crippen molar-refractivity contribution in [3.63, 3.8) is 0 Å². The number of rotatable bonds is 4. The molecule has 0 spiro atoms. The Morgan fingerprint density at radius 2 is 2.05 bits per heavy atom. The lowest BCUT2D eigenvalue weighted by atomic mass is 10.0. The molecular weight excluding hydrogens is 340 g/mol. The monoisotopic (exact) mass is 360 g/mol. The van der Waals surface area contributed by atoms with Crippen molar-refractivity contribution in [2.45, 2.75) is 31.8 Å². The first-order valence-electron chi connectivity index (χ1n) is 7.70. The van der Waals surface area contributed by atoms with Crippen LogP contribution in [0.4, 0.5) is 0 Å². The molecule has 22 heavy (non-hydrogen) atoms. The molecule has 2 aromatic rings. The molecule has 1 aliphatic rings. The van der Waals surface area contributed by atoms with Crippen LogP contribution < -0.4 is 4.74 Å². The molecule has 0 N–H and O–H groups in total. The van der Waals surface area contributed by atoms with Crippen molar-refractivity contribution >= 4 is 15.9 Å². The van der Waals surface area contributed by atoms with Crippen LogP contribution in [0.1, 0.15) is 43.0 Å². The number of hydrogen-bond acceptors (Lipinski definition) is 3. The van der Waals surface area contributed by atoms with Crippen molar-refractivity contribution in [3.05, 3.63) is 58.3 Å². The van der Waals surface area contributed by atoms with E-state index in [4.69, 9.17) is 4.74 Å². The normalized spacial score (nSPS) is 20.0. The Morgan fingerprint density at radius 1 is 1.27 bits per heavy atom. The highest BCUT2D eigenvalue weighted by Crippen LogP contribution is 2.39. The van der Waals surface area contributed by atoms with Crippen LogP contribution in [0.2, 0.25) is 0 Å². The van der Waals surface area contributed by atoms with Crippen LogP contribution in [0.15, 0.2) is 47.2 Å². The third kappa shape index (κ3) is 3.18. The number of nitrogens with zero attached hydrogens (tertiary/aromatic N) is 2. The van der Waals surface area contributed by atoms with Crippen molar-refractivity contribution in [1.29, 1.82) is 0 Å². The Hall–Kier alpha value is -1.39. The minimum atomic E-state index is 0.394. The van der Waals surface area contributed by atoms with E-state index in [2.05, 4.69) is 57.0 Å². The van der Waals surface area contributed by atoms with Crippen LogP contribution in [-0.2, 0) is 0 Å². The summed E-state index contributed by atoms with van der Waals surface area (Å²) in [4.78, 5) is 6.83. The number of benzene rings is 1. The van der Waals surface area contributed by atoms with Gasteiger partial charge in [-0.25, -0.2) is 4.98 Å². The fourth-order valence-electron chi connectivity index (χ4n) is 3.31. The summed E-state index contributed by atoms with van der Waals surface area (Å²) in [5.41, 5.74) is 2.68. The predicted octanol–water partition coefficient (Wildman–Crippen LogP) is 4.75. The minimum Gasteiger partial charge on any atom is -0.497 e. The van der Waals surface area contributed by atoms with Gasteiger partial charge in [0.15, 0.2) is 0 Å². The van der Waals surface area contributed by atoms with Gasteiger partial charge in [0.05, 0.1) is 7.11 Å². The lowest BCUT2D eigenvalue weighted by Crippen LogP contribution is -2.26. The molecule has 2 atom stereocenters. The third-order valence-corrected chi connectivity index (χ3v) is 4.96. The summed E-state index contributed by atoms with van der Waals surface area (Å²) >= 11 is 3.48. The highest BCUT2D eigenvalue weighted by Gasteiger charge is 2.30. The summed E-state index contributed by atoms with van der Waals surface area (Å²) in [5, 5.41) is 0. The average molecular weight is 361 g/mol. The first-order chi connectivity index (χ1) is 10.7. The molecule has 0 bridgehead atoms. The Bertz CT molecular complexity index is 629. The van der Waals surface area contributed by atoms with Gasteiger partial charge in [0.2, 0.25) is 0 Å². The number of pyridine rings is 1. The molecule has 1 saturated heterocycles. The largest absolute Gasteiger partial charge is 0.497 e. The first-order valence-corrected chi connectivity index (χ1v) is 8.49. The summed E-state index contributed by atoms with van der Waals surface area (Å²) < 4.78 is 6.16. The highest BCUT2D eigenvalue weighted by atomic mass is 79.9. The van der Waals surface area contributed by atoms with Gasteiger partial charge in [0.1, 0.15) is 10.4 Å². The van der Waals surface area contributed by atoms with Crippen molar-refractivity contribution in [2.24, 2.45) is 0 Å². The second-order valence-electron chi connectivity index (χ2n) is 5.76. The fourth-order valence-corrected chi connectivity index (χ4v) is 3.69. The predicted molar refractivity (Wildman–Crippen MR) is 92.0 cm³/mol. The molecule has 0 radical (unpaired) electrons. The number of likely N-dealkylation sites (tertiary alicyclic amines) is 1. The van der Waals surface area contributed by atoms with Gasteiger partial charge >= 0.3 is 0 Å². The van der Waals surface area contributed by atoms with E-state index in [1.165, 1.54) is 24.0 Å². The standard InChI is InChI=1S/C18H21BrN2O/c1-13(14-5-7-16(22-2)8-6-14)21-11-3-4-17(21)15-9-10-20-18(19)12-15/h5-10,12-13,17H,3-4,11H2,1-2H3/t13?,17-/m0/s1. The Labute approximate surface area is 140 Å². The van der Waals surface area contributed by atoms with E-state index in [9.17, 15) is 0 Å². The molecule has 0 aliphatic carbocycles. The highest BCUT2D eigenvalue weighted by molar-refractivity contribution is 9.10. The number of ether oxygens (including phenoxy) is 1. The molecule has 1 unspecified atom stereocenters. The molecule has 3 rings (SSSR count). The van der Waals surface area contributed by atoms with Crippen LogP contribution in [0.3, 0.4) is 0 Å². The van der Waals surface area contributed by atoms with Gasteiger partial charge in [0.25, 0.3) is 0 Å². The van der Waals surface area contributed by atoms with E-state index >= 15 is 0 Å². The smallest absolute Gasteiger partial charge is 0.118 e. The van der Waals surface area contributed by atoms with Gasteiger partial charge < -0.3 is 4.74 Å². The lowest BCUT2D eigenvalue weighted by Gasteiger charge is -2.31. The molecule has 0 amide bonds. The van der Waals surface area contributed by atoms with E-state index in [1.807, 2.05) is 18.3 Å². The summed E-state index contributed by atoms with van der Waals surface area (Å²) in [6.07, 6.45) is 4.33. The fraction of sp³-hybridized carbons (Fsp3) is 0.389. The lowest BCUT2D eigenvalue weighted by molar-refractivity contribution is 0.194. The number of aromatic nitrogens is 1. The van der Waals surface area contributed by atoms with Crippen LogP contribution in [0, 0.1) is 0 Å². The van der Waals surface area contributed by atoms with Crippen LogP contribution in [0.25, 0.3) is 0 Å². The van der Waals surface area contributed by atoms with Gasteiger partial charge in [-0.1, -0.05) is 12.1 Å². The molecule has 116 valence electrons. The second kappa shape index (κ2) is 6.80. The van der Waals surface area contributed by atoms with Crippen molar-refractivity contribution in [1.82, 2.24) is 9.88 Å². The number of methoxy groups -OCH3 is 1. The quantitative estimate of drug-likeness (QED) is 0.735. The first kappa shape index (κ1) is 15.5. The number of hydrogen-bond donors (Lipinski definition) is 0. The van der Waals surface area contributed by atoms with Gasteiger partial charge in [-0.05, 0) is 77.6 Å². The van der Waals surface area contributed by atoms with Gasteiger partial charge in [-0.15, -0.1) is 0 Å². The molecule has 4 heteroatoms. The van der Waals surface area contributed by atoms with Crippen LogP contribution in [0.5, 0.6) is 5.75 Å². The molecule has 1 aromatic heterocycles. The van der Waals surface area contributed by atoms with Gasteiger partial charge in [-0.2, -0.15) is 0 Å². The van der Waals surface area contributed by atoms with E-state index in [-0.39, 0.29) is 0 Å². The third-order valence-electron chi connectivity index (χ3n) is 4.53. The maximum absolute atomic E-state index is 5.25. The Balaban J connectivity index is 1.82. The Kier molecular flexibility index (Phi) is 4.79. The van der Waals surface area contributed by atoms with Gasteiger partial charge in [-0.3, -0.25) is 4.90 Å². The second-order valence-corrected chi connectivity index (χ2v) is 6.57.